The molecule has 9 nitrogen and oxygen atoms in total. The highest BCUT2D eigenvalue weighted by molar-refractivity contribution is 7.99. The second-order valence-corrected chi connectivity index (χ2v) is 6.00. The van der Waals surface area contributed by atoms with Crippen molar-refractivity contribution in [2.75, 3.05) is 25.3 Å². The van der Waals surface area contributed by atoms with Crippen LogP contribution in [0.15, 0.2) is 38.4 Å². The molecular weight excluding hydrogens is 360 g/mol. The van der Waals surface area contributed by atoms with E-state index in [1.54, 1.807) is 45.4 Å². The lowest BCUT2D eigenvalue weighted by Crippen LogP contribution is -2.14. The summed E-state index contributed by atoms with van der Waals surface area (Å²) in [5, 5.41) is 14.5. The SMILES string of the molecule is COc1cccc(OC)c1-c1nnc(SCC(=O)Nc2cc(C)on2)o1. The minimum Gasteiger partial charge on any atom is -0.496 e. The third-order valence-electron chi connectivity index (χ3n) is 3.27. The van der Waals surface area contributed by atoms with Gasteiger partial charge in [-0.05, 0) is 19.1 Å². The lowest BCUT2D eigenvalue weighted by molar-refractivity contribution is -0.113. The van der Waals surface area contributed by atoms with Gasteiger partial charge in [0.15, 0.2) is 5.82 Å². The fraction of sp³-hybridized carbons (Fsp3) is 0.250. The molecule has 1 amide bonds. The van der Waals surface area contributed by atoms with Crippen LogP contribution in [0.25, 0.3) is 11.5 Å². The van der Waals surface area contributed by atoms with Crippen molar-refractivity contribution in [2.45, 2.75) is 12.1 Å². The lowest BCUT2D eigenvalue weighted by Gasteiger charge is -2.09. The van der Waals surface area contributed by atoms with Gasteiger partial charge < -0.3 is 23.7 Å². The lowest BCUT2D eigenvalue weighted by atomic mass is 10.2. The number of rotatable bonds is 7. The summed E-state index contributed by atoms with van der Waals surface area (Å²) in [5.41, 5.74) is 0.555. The fourth-order valence-electron chi connectivity index (χ4n) is 2.16. The zero-order valence-electron chi connectivity index (χ0n) is 14.3. The molecular formula is C16H16N4O5S. The third-order valence-corrected chi connectivity index (χ3v) is 4.09. The van der Waals surface area contributed by atoms with Crippen LogP contribution in [-0.4, -0.2) is 41.2 Å². The second kappa shape index (κ2) is 7.91. The maximum absolute atomic E-state index is 11.9. The number of carbonyl (C=O) groups excluding carboxylic acids is 1. The van der Waals surface area contributed by atoms with Crippen LogP contribution in [0.5, 0.6) is 11.5 Å². The van der Waals surface area contributed by atoms with Crippen LogP contribution in [0.3, 0.4) is 0 Å². The topological polar surface area (TPSA) is 113 Å². The van der Waals surface area contributed by atoms with Gasteiger partial charge in [-0.2, -0.15) is 0 Å². The van der Waals surface area contributed by atoms with E-state index < -0.39 is 0 Å². The fourth-order valence-corrected chi connectivity index (χ4v) is 2.73. The molecule has 1 N–H and O–H groups in total. The minimum absolute atomic E-state index is 0.0800. The van der Waals surface area contributed by atoms with Gasteiger partial charge in [0.05, 0.1) is 20.0 Å². The first-order chi connectivity index (χ1) is 12.6. The monoisotopic (exact) mass is 376 g/mol. The van der Waals surface area contributed by atoms with E-state index in [1.807, 2.05) is 0 Å². The first-order valence-corrected chi connectivity index (χ1v) is 8.50. The molecule has 0 radical (unpaired) electrons. The number of methoxy groups -OCH3 is 2. The Morgan fingerprint density at radius 2 is 1.96 bits per heavy atom. The van der Waals surface area contributed by atoms with Crippen molar-refractivity contribution in [3.63, 3.8) is 0 Å². The molecule has 3 rings (SSSR count). The molecule has 2 heterocycles. The van der Waals surface area contributed by atoms with Gasteiger partial charge in [0.2, 0.25) is 5.91 Å². The smallest absolute Gasteiger partial charge is 0.277 e. The number of benzene rings is 1. The van der Waals surface area contributed by atoms with Gasteiger partial charge >= 0.3 is 0 Å². The van der Waals surface area contributed by atoms with Crippen molar-refractivity contribution >= 4 is 23.5 Å². The Hall–Kier alpha value is -3.01. The van der Waals surface area contributed by atoms with Gasteiger partial charge in [0.25, 0.3) is 11.1 Å². The van der Waals surface area contributed by atoms with E-state index in [2.05, 4.69) is 20.7 Å². The number of hydrogen-bond donors (Lipinski definition) is 1. The standard InChI is InChI=1S/C16H16N4O5S/c1-9-7-12(20-25-9)17-13(21)8-26-16-19-18-15(24-16)14-10(22-2)5-4-6-11(14)23-3/h4-7H,8H2,1-3H3,(H,17,20,21). The minimum atomic E-state index is -0.266. The Balaban J connectivity index is 1.68. The zero-order chi connectivity index (χ0) is 18.5. The van der Waals surface area contributed by atoms with Gasteiger partial charge in [0.1, 0.15) is 22.8 Å². The quantitative estimate of drug-likeness (QED) is 0.622. The summed E-state index contributed by atoms with van der Waals surface area (Å²) in [6, 6.07) is 6.95. The number of anilines is 1. The summed E-state index contributed by atoms with van der Waals surface area (Å²) in [5.74, 6) is 2.12. The first-order valence-electron chi connectivity index (χ1n) is 7.51. The van der Waals surface area contributed by atoms with E-state index in [1.165, 1.54) is 0 Å². The molecule has 0 unspecified atom stereocenters. The Morgan fingerprint density at radius 3 is 2.58 bits per heavy atom. The Bertz CT molecular complexity index is 885. The number of ether oxygens (including phenoxy) is 2. The number of nitrogens with one attached hydrogen (secondary N) is 1. The van der Waals surface area contributed by atoms with Crippen LogP contribution >= 0.6 is 11.8 Å². The number of aryl methyl sites for hydroxylation is 1. The van der Waals surface area contributed by atoms with Gasteiger partial charge in [-0.25, -0.2) is 0 Å². The van der Waals surface area contributed by atoms with E-state index in [9.17, 15) is 4.79 Å². The molecule has 1 aromatic carbocycles. The molecule has 10 heteroatoms. The highest BCUT2D eigenvalue weighted by Gasteiger charge is 2.19. The molecule has 0 saturated carbocycles. The highest BCUT2D eigenvalue weighted by Crippen LogP contribution is 2.38. The van der Waals surface area contributed by atoms with E-state index in [-0.39, 0.29) is 22.8 Å². The van der Waals surface area contributed by atoms with Crippen molar-refractivity contribution in [3.8, 4) is 23.0 Å². The van der Waals surface area contributed by atoms with E-state index in [4.69, 9.17) is 18.4 Å². The molecule has 0 saturated heterocycles. The summed E-state index contributed by atoms with van der Waals surface area (Å²) in [4.78, 5) is 11.9. The average molecular weight is 376 g/mol. The number of hydrogen-bond acceptors (Lipinski definition) is 9. The van der Waals surface area contributed by atoms with Crippen LogP contribution in [0.1, 0.15) is 5.76 Å². The van der Waals surface area contributed by atoms with Gasteiger partial charge in [0, 0.05) is 6.07 Å². The Labute approximate surface area is 153 Å². The van der Waals surface area contributed by atoms with E-state index >= 15 is 0 Å². The maximum Gasteiger partial charge on any atom is 0.277 e. The largest absolute Gasteiger partial charge is 0.496 e. The van der Waals surface area contributed by atoms with Crippen molar-refractivity contribution in [1.82, 2.24) is 15.4 Å². The van der Waals surface area contributed by atoms with E-state index in [0.29, 0.717) is 28.6 Å². The number of thioether (sulfide) groups is 1. The predicted molar refractivity (Wildman–Crippen MR) is 93.4 cm³/mol. The van der Waals surface area contributed by atoms with Gasteiger partial charge in [-0.15, -0.1) is 10.2 Å². The molecule has 0 aliphatic carbocycles. The second-order valence-electron chi connectivity index (χ2n) is 5.07. The molecule has 0 bridgehead atoms. The number of aromatic nitrogens is 3. The van der Waals surface area contributed by atoms with Crippen molar-refractivity contribution in [3.05, 3.63) is 30.0 Å². The Kier molecular flexibility index (Phi) is 5.42. The van der Waals surface area contributed by atoms with Crippen molar-refractivity contribution in [1.29, 1.82) is 0 Å². The summed E-state index contributed by atoms with van der Waals surface area (Å²) in [7, 11) is 3.08. The summed E-state index contributed by atoms with van der Waals surface area (Å²) in [6.45, 7) is 1.74. The van der Waals surface area contributed by atoms with Gasteiger partial charge in [-0.3, -0.25) is 4.79 Å². The zero-order valence-corrected chi connectivity index (χ0v) is 15.1. The average Bonchev–Trinajstić information content (AvgIpc) is 3.28. The third kappa shape index (κ3) is 3.97. The van der Waals surface area contributed by atoms with Crippen LogP contribution < -0.4 is 14.8 Å². The summed E-state index contributed by atoms with van der Waals surface area (Å²) in [6.07, 6.45) is 0. The summed E-state index contributed by atoms with van der Waals surface area (Å²) < 4.78 is 21.2. The van der Waals surface area contributed by atoms with Crippen LogP contribution in [0.2, 0.25) is 0 Å². The van der Waals surface area contributed by atoms with Crippen LogP contribution in [0, 0.1) is 6.92 Å². The molecule has 2 aromatic heterocycles. The molecule has 0 fully saturated rings. The summed E-state index contributed by atoms with van der Waals surface area (Å²) >= 11 is 1.10. The molecule has 26 heavy (non-hydrogen) atoms. The van der Waals surface area contributed by atoms with E-state index in [0.717, 1.165) is 11.8 Å². The number of carbonyl (C=O) groups is 1. The molecule has 0 spiro atoms. The van der Waals surface area contributed by atoms with Crippen molar-refractivity contribution < 1.29 is 23.2 Å². The molecule has 0 atom stereocenters. The Morgan fingerprint density at radius 1 is 1.23 bits per heavy atom. The molecule has 136 valence electrons. The number of nitrogens with zero attached hydrogens (tertiary/aromatic N) is 3. The highest BCUT2D eigenvalue weighted by atomic mass is 32.2. The predicted octanol–water partition coefficient (Wildman–Crippen LogP) is 2.78. The van der Waals surface area contributed by atoms with Crippen LogP contribution in [-0.2, 0) is 4.79 Å². The molecule has 3 aromatic rings. The molecule has 0 aliphatic rings. The maximum atomic E-state index is 11.9. The molecule has 0 aliphatic heterocycles. The number of amides is 1. The van der Waals surface area contributed by atoms with Crippen LogP contribution in [0.4, 0.5) is 5.82 Å². The normalized spacial score (nSPS) is 10.6. The van der Waals surface area contributed by atoms with Gasteiger partial charge in [-0.1, -0.05) is 23.0 Å². The first kappa shape index (κ1) is 17.8. The van der Waals surface area contributed by atoms with Crippen molar-refractivity contribution in [2.24, 2.45) is 0 Å².